The number of fused-ring (bicyclic) bond motifs is 3. The van der Waals surface area contributed by atoms with Gasteiger partial charge in [-0.15, -0.1) is 0 Å². The molecule has 1 aliphatic rings. The molecular formula is C24H17O5P. The van der Waals surface area contributed by atoms with Crippen LogP contribution in [0, 0.1) is 0 Å². The molecule has 148 valence electrons. The molecule has 0 saturated carbocycles. The van der Waals surface area contributed by atoms with E-state index in [2.05, 4.69) is 0 Å². The zero-order valence-electron chi connectivity index (χ0n) is 15.8. The lowest BCUT2D eigenvalue weighted by molar-refractivity contribution is 0.302. The molecule has 0 amide bonds. The first kappa shape index (κ1) is 18.3. The number of phosphoric acid groups is 1. The molecular weight excluding hydrogens is 399 g/mol. The van der Waals surface area contributed by atoms with E-state index in [4.69, 9.17) is 13.6 Å². The van der Waals surface area contributed by atoms with Crippen LogP contribution >= 0.6 is 7.82 Å². The molecule has 5 nitrogen and oxygen atoms in total. The fourth-order valence-corrected chi connectivity index (χ4v) is 4.74. The number of aromatic hydroxyl groups is 1. The van der Waals surface area contributed by atoms with Gasteiger partial charge in [-0.2, -0.15) is 4.57 Å². The Bertz CT molecular complexity index is 1230. The van der Waals surface area contributed by atoms with Crippen molar-refractivity contribution in [3.05, 3.63) is 97.1 Å². The van der Waals surface area contributed by atoms with E-state index in [1.165, 1.54) is 0 Å². The number of benzene rings is 4. The van der Waals surface area contributed by atoms with Crippen molar-refractivity contribution >= 4 is 7.82 Å². The molecule has 0 spiro atoms. The zero-order chi connectivity index (χ0) is 20.6. The van der Waals surface area contributed by atoms with Crippen LogP contribution in [0.5, 0.6) is 23.0 Å². The lowest BCUT2D eigenvalue weighted by atomic mass is 10.0. The van der Waals surface area contributed by atoms with Crippen LogP contribution in [0.4, 0.5) is 0 Å². The van der Waals surface area contributed by atoms with Crippen LogP contribution in [-0.4, -0.2) is 5.11 Å². The van der Waals surface area contributed by atoms with Gasteiger partial charge in [0.15, 0.2) is 0 Å². The van der Waals surface area contributed by atoms with Gasteiger partial charge in [0.25, 0.3) is 0 Å². The Labute approximate surface area is 173 Å². The van der Waals surface area contributed by atoms with Gasteiger partial charge in [-0.25, -0.2) is 0 Å². The van der Waals surface area contributed by atoms with E-state index in [-0.39, 0.29) is 11.5 Å². The van der Waals surface area contributed by atoms with Crippen LogP contribution < -0.4 is 13.6 Å². The Morgan fingerprint density at radius 3 is 1.67 bits per heavy atom. The predicted octanol–water partition coefficient (Wildman–Crippen LogP) is 6.68. The van der Waals surface area contributed by atoms with E-state index in [1.54, 1.807) is 66.7 Å². The Morgan fingerprint density at radius 2 is 1.07 bits per heavy atom. The van der Waals surface area contributed by atoms with Gasteiger partial charge in [-0.05, 0) is 24.3 Å². The van der Waals surface area contributed by atoms with Crippen LogP contribution in [-0.2, 0) is 4.57 Å². The minimum atomic E-state index is -4.09. The Balaban J connectivity index is 1.60. The maximum Gasteiger partial charge on any atom is 0.647 e. The third kappa shape index (κ3) is 3.30. The van der Waals surface area contributed by atoms with Crippen LogP contribution in [0.1, 0.15) is 0 Å². The summed E-state index contributed by atoms with van der Waals surface area (Å²) in [5, 5.41) is 10.3. The average molecular weight is 416 g/mol. The molecule has 0 atom stereocenters. The van der Waals surface area contributed by atoms with Gasteiger partial charge < -0.3 is 18.7 Å². The Hall–Kier alpha value is -3.69. The van der Waals surface area contributed by atoms with Gasteiger partial charge in [0.2, 0.25) is 0 Å². The lowest BCUT2D eigenvalue weighted by Gasteiger charge is -2.19. The second-order valence-electron chi connectivity index (χ2n) is 6.73. The van der Waals surface area contributed by atoms with Crippen molar-refractivity contribution in [1.29, 1.82) is 0 Å². The minimum absolute atomic E-state index is 0.0882. The van der Waals surface area contributed by atoms with E-state index in [0.717, 1.165) is 11.1 Å². The third-order valence-electron chi connectivity index (χ3n) is 4.78. The van der Waals surface area contributed by atoms with Gasteiger partial charge in [0.1, 0.15) is 23.0 Å². The molecule has 0 aromatic heterocycles. The molecule has 4 aromatic rings. The average Bonchev–Trinajstić information content (AvgIpc) is 2.88. The second-order valence-corrected chi connectivity index (χ2v) is 8.17. The molecule has 0 saturated heterocycles. The third-order valence-corrected chi connectivity index (χ3v) is 6.04. The van der Waals surface area contributed by atoms with Crippen LogP contribution in [0.2, 0.25) is 0 Å². The van der Waals surface area contributed by atoms with Gasteiger partial charge in [0, 0.05) is 22.3 Å². The molecule has 1 aliphatic heterocycles. The first-order chi connectivity index (χ1) is 14.6. The summed E-state index contributed by atoms with van der Waals surface area (Å²) in [6, 6.07) is 28.4. The summed E-state index contributed by atoms with van der Waals surface area (Å²) in [6.07, 6.45) is 0. The van der Waals surface area contributed by atoms with E-state index in [1.807, 2.05) is 30.3 Å². The number of phenols is 1. The van der Waals surface area contributed by atoms with Crippen molar-refractivity contribution in [2.45, 2.75) is 0 Å². The number of para-hydroxylation sites is 4. The molecule has 0 bridgehead atoms. The van der Waals surface area contributed by atoms with E-state index >= 15 is 0 Å². The van der Waals surface area contributed by atoms with Crippen LogP contribution in [0.25, 0.3) is 22.3 Å². The maximum absolute atomic E-state index is 13.7. The van der Waals surface area contributed by atoms with Crippen LogP contribution in [0.3, 0.4) is 0 Å². The van der Waals surface area contributed by atoms with Crippen molar-refractivity contribution in [1.82, 2.24) is 0 Å². The SMILES string of the molecule is O=P1(Oc2ccccc2-c2ccccc2O)Oc2ccccc2-c2ccccc2O1. The highest BCUT2D eigenvalue weighted by Crippen LogP contribution is 2.57. The number of phosphoric ester groups is 1. The van der Waals surface area contributed by atoms with Crippen molar-refractivity contribution in [2.75, 3.05) is 0 Å². The molecule has 0 aliphatic carbocycles. The van der Waals surface area contributed by atoms with Crippen LogP contribution in [0.15, 0.2) is 97.1 Å². The van der Waals surface area contributed by atoms with Crippen molar-refractivity contribution < 1.29 is 23.2 Å². The molecule has 1 heterocycles. The highest BCUT2D eigenvalue weighted by atomic mass is 31.2. The molecule has 30 heavy (non-hydrogen) atoms. The summed E-state index contributed by atoms with van der Waals surface area (Å²) in [5.74, 6) is 1.18. The zero-order valence-corrected chi connectivity index (χ0v) is 16.7. The fourth-order valence-electron chi connectivity index (χ4n) is 3.42. The summed E-state index contributed by atoms with van der Waals surface area (Å²) in [6.45, 7) is 0. The number of phenolic OH excluding ortho intramolecular Hbond substituents is 1. The topological polar surface area (TPSA) is 65.0 Å². The highest BCUT2D eigenvalue weighted by molar-refractivity contribution is 7.49. The molecule has 0 unspecified atom stereocenters. The van der Waals surface area contributed by atoms with Gasteiger partial charge in [0.05, 0.1) is 0 Å². The summed E-state index contributed by atoms with van der Waals surface area (Å²) in [4.78, 5) is 0. The summed E-state index contributed by atoms with van der Waals surface area (Å²) >= 11 is 0. The summed E-state index contributed by atoms with van der Waals surface area (Å²) in [7, 11) is -4.09. The second kappa shape index (κ2) is 7.29. The van der Waals surface area contributed by atoms with E-state index in [0.29, 0.717) is 22.6 Å². The standard InChI is InChI=1S/C24H17O5P/c25-21-13-5-1-9-17(21)18-10-2-6-14-22(18)27-30(26)28-23-15-7-3-11-19(23)20-12-4-8-16-24(20)29-30/h1-16,25H. The summed E-state index contributed by atoms with van der Waals surface area (Å²) in [5.41, 5.74) is 2.66. The Morgan fingerprint density at radius 1 is 0.600 bits per heavy atom. The molecule has 5 rings (SSSR count). The molecule has 4 aromatic carbocycles. The fraction of sp³-hybridized carbons (Fsp3) is 0. The first-order valence-electron chi connectivity index (χ1n) is 9.38. The van der Waals surface area contributed by atoms with Gasteiger partial charge in [-0.1, -0.05) is 72.8 Å². The van der Waals surface area contributed by atoms with Crippen molar-refractivity contribution in [3.8, 4) is 45.3 Å². The van der Waals surface area contributed by atoms with E-state index < -0.39 is 7.82 Å². The Kier molecular flexibility index (Phi) is 4.46. The quantitative estimate of drug-likeness (QED) is 0.377. The molecule has 1 N–H and O–H groups in total. The number of hydrogen-bond donors (Lipinski definition) is 1. The predicted molar refractivity (Wildman–Crippen MR) is 115 cm³/mol. The largest absolute Gasteiger partial charge is 0.647 e. The monoisotopic (exact) mass is 416 g/mol. The smallest absolute Gasteiger partial charge is 0.507 e. The van der Waals surface area contributed by atoms with Crippen molar-refractivity contribution in [3.63, 3.8) is 0 Å². The number of hydrogen-bond acceptors (Lipinski definition) is 5. The normalized spacial score (nSPS) is 13.7. The lowest BCUT2D eigenvalue weighted by Crippen LogP contribution is -2.07. The first-order valence-corrected chi connectivity index (χ1v) is 10.8. The highest BCUT2D eigenvalue weighted by Gasteiger charge is 2.38. The van der Waals surface area contributed by atoms with Gasteiger partial charge in [-0.3, -0.25) is 0 Å². The molecule has 6 heteroatoms. The summed E-state index contributed by atoms with van der Waals surface area (Å²) < 4.78 is 31.2. The maximum atomic E-state index is 13.7. The molecule has 0 fully saturated rings. The molecule has 0 radical (unpaired) electrons. The van der Waals surface area contributed by atoms with E-state index in [9.17, 15) is 9.67 Å². The van der Waals surface area contributed by atoms with Gasteiger partial charge >= 0.3 is 7.82 Å². The minimum Gasteiger partial charge on any atom is -0.507 e. The number of rotatable bonds is 3. The van der Waals surface area contributed by atoms with Crippen molar-refractivity contribution in [2.24, 2.45) is 0 Å².